The van der Waals surface area contributed by atoms with Gasteiger partial charge in [0.2, 0.25) is 0 Å². The molecule has 0 fully saturated rings. The third-order valence-corrected chi connectivity index (χ3v) is 7.87. The molecule has 1 unspecified atom stereocenters. The van der Waals surface area contributed by atoms with E-state index >= 15 is 0 Å². The van der Waals surface area contributed by atoms with Gasteiger partial charge in [0.1, 0.15) is 22.5 Å². The molecule has 1 aromatic carbocycles. The van der Waals surface area contributed by atoms with Crippen LogP contribution >= 0.6 is 19.4 Å². The fraction of sp³-hybridized carbons (Fsp3) is 0.522. The van der Waals surface area contributed by atoms with Crippen molar-refractivity contribution in [2.24, 2.45) is 4.99 Å². The molecule has 11 heteroatoms. The van der Waals surface area contributed by atoms with E-state index in [1.165, 1.54) is 40.7 Å². The summed E-state index contributed by atoms with van der Waals surface area (Å²) in [6.07, 6.45) is 5.38. The molecule has 0 N–H and O–H groups in total. The molecule has 0 aliphatic heterocycles. The number of benzene rings is 1. The van der Waals surface area contributed by atoms with Crippen molar-refractivity contribution in [1.82, 2.24) is 14.7 Å². The van der Waals surface area contributed by atoms with Crippen LogP contribution in [0.15, 0.2) is 34.3 Å². The predicted octanol–water partition coefficient (Wildman–Crippen LogP) is 6.21. The van der Waals surface area contributed by atoms with Gasteiger partial charge in [-0.1, -0.05) is 26.0 Å². The van der Waals surface area contributed by atoms with Crippen LogP contribution in [0.2, 0.25) is 0 Å². The predicted molar refractivity (Wildman–Crippen MR) is 134 cm³/mol. The van der Waals surface area contributed by atoms with E-state index in [0.717, 1.165) is 25.9 Å². The van der Waals surface area contributed by atoms with Crippen LogP contribution in [0, 0.1) is 17.1 Å². The molecule has 1 atom stereocenters. The highest BCUT2D eigenvalue weighted by molar-refractivity contribution is 7.98. The maximum Gasteiger partial charge on any atom is 0.359 e. The Kier molecular flexibility index (Phi) is 11.3. The van der Waals surface area contributed by atoms with Crippen LogP contribution < -0.4 is 0 Å². The Bertz CT molecular complexity index is 1020. The van der Waals surface area contributed by atoms with E-state index in [2.05, 4.69) is 34.9 Å². The van der Waals surface area contributed by atoms with Gasteiger partial charge in [0.25, 0.3) is 0 Å². The molecule has 0 bridgehead atoms. The van der Waals surface area contributed by atoms with E-state index in [-0.39, 0.29) is 24.6 Å². The van der Waals surface area contributed by atoms with Crippen LogP contribution in [0.25, 0.3) is 0 Å². The largest absolute Gasteiger partial charge is 0.363 e. The minimum atomic E-state index is -3.84. The van der Waals surface area contributed by atoms with E-state index in [9.17, 15) is 14.2 Å². The SMILES string of the molecule is CCCN(/C=N/c1c(C#N)c(SC)nn1C(c1ccc(F)cc1)P(=O)(OCC)OCC)CCC. The molecule has 1 heterocycles. The number of rotatable bonds is 14. The first-order chi connectivity index (χ1) is 16.4. The lowest BCUT2D eigenvalue weighted by Crippen LogP contribution is -2.23. The molecule has 2 rings (SSSR count). The Balaban J connectivity index is 2.79. The van der Waals surface area contributed by atoms with E-state index < -0.39 is 19.2 Å². The fourth-order valence-corrected chi connectivity index (χ4v) is 6.06. The zero-order valence-corrected chi connectivity index (χ0v) is 22.1. The Hall–Kier alpha value is -2.18. The summed E-state index contributed by atoms with van der Waals surface area (Å²) in [4.78, 5) is 6.70. The van der Waals surface area contributed by atoms with E-state index in [1.54, 1.807) is 26.4 Å². The molecule has 0 radical (unpaired) electrons. The summed E-state index contributed by atoms with van der Waals surface area (Å²) >= 11 is 1.29. The van der Waals surface area contributed by atoms with Crippen LogP contribution in [0.3, 0.4) is 0 Å². The number of hydrogen-bond acceptors (Lipinski definition) is 7. The summed E-state index contributed by atoms with van der Waals surface area (Å²) in [6.45, 7) is 9.48. The first kappa shape index (κ1) is 28.1. The minimum absolute atomic E-state index is 0.135. The molecule has 186 valence electrons. The average molecular weight is 510 g/mol. The second-order valence-corrected chi connectivity index (χ2v) is 10.2. The lowest BCUT2D eigenvalue weighted by molar-refractivity contribution is 0.206. The van der Waals surface area contributed by atoms with Gasteiger partial charge in [-0.3, -0.25) is 4.57 Å². The smallest absolute Gasteiger partial charge is 0.359 e. The Labute approximate surface area is 205 Å². The molecule has 0 aliphatic rings. The van der Waals surface area contributed by atoms with Crippen molar-refractivity contribution in [3.8, 4) is 6.07 Å². The molecular formula is C23H33FN5O3PS. The zero-order chi connectivity index (χ0) is 25.1. The third kappa shape index (κ3) is 6.70. The van der Waals surface area contributed by atoms with Gasteiger partial charge in [0.05, 0.1) is 19.6 Å². The molecule has 1 aromatic heterocycles. The van der Waals surface area contributed by atoms with Crippen molar-refractivity contribution >= 4 is 31.5 Å². The van der Waals surface area contributed by atoms with Crippen LogP contribution in [-0.2, 0) is 13.6 Å². The molecule has 0 spiro atoms. The average Bonchev–Trinajstić information content (AvgIpc) is 3.16. The quantitative estimate of drug-likeness (QED) is 0.129. The highest BCUT2D eigenvalue weighted by Crippen LogP contribution is 2.62. The van der Waals surface area contributed by atoms with Crippen molar-refractivity contribution in [1.29, 1.82) is 5.26 Å². The number of halogens is 1. The van der Waals surface area contributed by atoms with Gasteiger partial charge < -0.3 is 13.9 Å². The van der Waals surface area contributed by atoms with Crippen LogP contribution in [0.4, 0.5) is 10.2 Å². The second kappa shape index (κ2) is 13.6. The number of aliphatic imine (C=N–C) groups is 1. The highest BCUT2D eigenvalue weighted by atomic mass is 32.2. The van der Waals surface area contributed by atoms with Crippen molar-refractivity contribution in [2.75, 3.05) is 32.6 Å². The van der Waals surface area contributed by atoms with Gasteiger partial charge in [0, 0.05) is 13.1 Å². The zero-order valence-electron chi connectivity index (χ0n) is 20.4. The normalized spacial score (nSPS) is 12.7. The van der Waals surface area contributed by atoms with Gasteiger partial charge in [-0.15, -0.1) is 11.8 Å². The molecule has 0 saturated carbocycles. The summed E-state index contributed by atoms with van der Waals surface area (Å²) in [7, 11) is -3.84. The van der Waals surface area contributed by atoms with Crippen molar-refractivity contribution in [2.45, 2.75) is 51.3 Å². The number of nitrogens with zero attached hydrogens (tertiary/aromatic N) is 5. The Morgan fingerprint density at radius 2 is 1.79 bits per heavy atom. The first-order valence-corrected chi connectivity index (χ1v) is 14.2. The number of aromatic nitrogens is 2. The van der Waals surface area contributed by atoms with Crippen LogP contribution in [0.1, 0.15) is 57.4 Å². The van der Waals surface area contributed by atoms with Gasteiger partial charge >= 0.3 is 7.60 Å². The molecule has 0 saturated heterocycles. The van der Waals surface area contributed by atoms with Gasteiger partial charge in [-0.25, -0.2) is 14.1 Å². The van der Waals surface area contributed by atoms with Crippen molar-refractivity contribution < 1.29 is 18.0 Å². The topological polar surface area (TPSA) is 92.7 Å². The first-order valence-electron chi connectivity index (χ1n) is 11.4. The lowest BCUT2D eigenvalue weighted by Gasteiger charge is -2.27. The molecule has 8 nitrogen and oxygen atoms in total. The summed E-state index contributed by atoms with van der Waals surface area (Å²) in [5.41, 5.74) is 0.741. The van der Waals surface area contributed by atoms with Gasteiger partial charge in [0.15, 0.2) is 11.6 Å². The monoisotopic (exact) mass is 509 g/mol. The maximum absolute atomic E-state index is 14.0. The number of thioether (sulfide) groups is 1. The summed E-state index contributed by atoms with van der Waals surface area (Å²) in [6, 6.07) is 7.78. The van der Waals surface area contributed by atoms with Crippen molar-refractivity contribution in [3.63, 3.8) is 0 Å². The van der Waals surface area contributed by atoms with Gasteiger partial charge in [-0.2, -0.15) is 10.4 Å². The third-order valence-electron chi connectivity index (χ3n) is 4.84. The fourth-order valence-electron chi connectivity index (χ4n) is 3.51. The standard InChI is InChI=1S/C23H33FN5O3PS/c1-6-14-28(15-7-2)17-26-21-20(16-25)22(34-5)27-29(21)23(18-10-12-19(24)13-11-18)33(30,31-8-3)32-9-4/h10-13,17,23H,6-9,14-15H2,1-5H3/b26-17+. The summed E-state index contributed by atoms with van der Waals surface area (Å²) in [5.74, 6) is -1.24. The molecule has 0 aliphatic carbocycles. The van der Waals surface area contributed by atoms with Crippen molar-refractivity contribution in [3.05, 3.63) is 41.2 Å². The second-order valence-electron chi connectivity index (χ2n) is 7.35. The van der Waals surface area contributed by atoms with E-state index in [1.807, 2.05) is 0 Å². The Morgan fingerprint density at radius 3 is 2.26 bits per heavy atom. The Morgan fingerprint density at radius 1 is 1.21 bits per heavy atom. The molecule has 2 aromatic rings. The lowest BCUT2D eigenvalue weighted by atomic mass is 10.2. The molecule has 0 amide bonds. The van der Waals surface area contributed by atoms with Crippen LogP contribution in [-0.4, -0.2) is 53.6 Å². The summed E-state index contributed by atoms with van der Waals surface area (Å²) in [5, 5.41) is 15.0. The van der Waals surface area contributed by atoms with Crippen LogP contribution in [0.5, 0.6) is 0 Å². The number of hydrogen-bond donors (Lipinski definition) is 0. The minimum Gasteiger partial charge on any atom is -0.363 e. The molecule has 34 heavy (non-hydrogen) atoms. The molecular weight excluding hydrogens is 476 g/mol. The van der Waals surface area contributed by atoms with Gasteiger partial charge in [-0.05, 0) is 50.6 Å². The highest BCUT2D eigenvalue weighted by Gasteiger charge is 2.41. The van der Waals surface area contributed by atoms with E-state index in [4.69, 9.17) is 9.05 Å². The number of nitriles is 1. The van der Waals surface area contributed by atoms with E-state index in [0.29, 0.717) is 10.6 Å². The maximum atomic E-state index is 14.0. The summed E-state index contributed by atoms with van der Waals surface area (Å²) < 4.78 is 40.5.